The maximum Gasteiger partial charge on any atom is 0.432 e. The first-order chi connectivity index (χ1) is 24.8. The number of halogens is 4. The molecule has 0 N–H and O–H groups in total. The Morgan fingerprint density at radius 2 is 1.23 bits per heavy atom. The molecule has 0 saturated heterocycles. The van der Waals surface area contributed by atoms with Gasteiger partial charge in [0.05, 0.1) is 24.0 Å². The first-order valence-corrected chi connectivity index (χ1v) is 20.5. The number of alkyl halides is 4. The zero-order valence-corrected chi connectivity index (χ0v) is 31.4. The topological polar surface area (TPSA) is 105 Å². The predicted octanol–water partition coefficient (Wildman–Crippen LogP) is 9.09. The van der Waals surface area contributed by atoms with Gasteiger partial charge in [0.1, 0.15) is 12.2 Å². The zero-order valence-electron chi connectivity index (χ0n) is 29.8. The summed E-state index contributed by atoms with van der Waals surface area (Å²) in [5.41, 5.74) is -2.63. The molecule has 288 valence electrons. The van der Waals surface area contributed by atoms with Crippen molar-refractivity contribution in [2.75, 3.05) is 13.2 Å². The van der Waals surface area contributed by atoms with E-state index in [9.17, 15) is 18.0 Å². The van der Waals surface area contributed by atoms with Gasteiger partial charge in [-0.1, -0.05) is 54.6 Å². The van der Waals surface area contributed by atoms with Crippen LogP contribution in [0.2, 0.25) is 0 Å². The standard InChI is InChI=1S/C39H44F4O8S2/c1-35(2,3)50-33(44)26-49-37-24-28-21-29(25-37)23-36(22-28,27-37)34(45)48-20-19-38(40,41)39(42,43)53(46,47)51-52(30-13-7-4-8-14-30,31-15-9-5-10-16-31)32-17-11-6-12-18-32/h4-18,28-29H,19-27H2,1-3H3. The van der Waals surface area contributed by atoms with E-state index in [1.807, 2.05) is 0 Å². The van der Waals surface area contributed by atoms with Crippen LogP contribution < -0.4 is 0 Å². The summed E-state index contributed by atoms with van der Waals surface area (Å²) in [5.74, 6) is -6.44. The van der Waals surface area contributed by atoms with E-state index in [1.54, 1.807) is 75.4 Å². The lowest BCUT2D eigenvalue weighted by molar-refractivity contribution is -0.217. The summed E-state index contributed by atoms with van der Waals surface area (Å²) in [4.78, 5) is 26.6. The van der Waals surface area contributed by atoms with Gasteiger partial charge >= 0.3 is 33.2 Å². The van der Waals surface area contributed by atoms with E-state index in [-0.39, 0.29) is 39.5 Å². The van der Waals surface area contributed by atoms with Crippen LogP contribution in [-0.4, -0.2) is 55.9 Å². The second-order valence-electron chi connectivity index (χ2n) is 15.4. The third-order valence-corrected chi connectivity index (χ3v) is 15.4. The van der Waals surface area contributed by atoms with Crippen molar-refractivity contribution < 1.29 is 53.4 Å². The molecule has 0 aliphatic heterocycles. The molecule has 0 radical (unpaired) electrons. The minimum atomic E-state index is -6.38. The highest BCUT2D eigenvalue weighted by Crippen LogP contribution is 2.71. The van der Waals surface area contributed by atoms with Crippen LogP contribution in [0.3, 0.4) is 0 Å². The van der Waals surface area contributed by atoms with Crippen LogP contribution in [0.15, 0.2) is 106 Å². The number of esters is 2. The first-order valence-electron chi connectivity index (χ1n) is 17.6. The number of carbonyl (C=O) groups is 2. The summed E-state index contributed by atoms with van der Waals surface area (Å²) < 4.78 is 112. The molecule has 4 fully saturated rings. The monoisotopic (exact) mass is 780 g/mol. The minimum absolute atomic E-state index is 0.0668. The number of carbonyl (C=O) groups excluding carboxylic acids is 2. The van der Waals surface area contributed by atoms with Gasteiger partial charge in [-0.15, -0.1) is 0 Å². The lowest BCUT2D eigenvalue weighted by Gasteiger charge is -2.60. The Kier molecular flexibility index (Phi) is 10.6. The molecule has 4 aliphatic carbocycles. The molecule has 0 spiro atoms. The molecule has 0 heterocycles. The van der Waals surface area contributed by atoms with Crippen LogP contribution in [0.5, 0.6) is 0 Å². The van der Waals surface area contributed by atoms with Gasteiger partial charge in [-0.25, -0.2) is 8.42 Å². The molecule has 7 rings (SSSR count). The molecule has 2 unspecified atom stereocenters. The maximum atomic E-state index is 15.9. The minimum Gasteiger partial charge on any atom is -0.465 e. The SMILES string of the molecule is CC(C)(C)OC(=O)COC12CC3CC(C1)CC(C(=O)OCCC(F)(F)C(F)(F)S(=O)(=O)OS(c1ccccc1)(c1ccccc1)c1ccccc1)(C3)C2. The van der Waals surface area contributed by atoms with Crippen molar-refractivity contribution in [2.24, 2.45) is 17.3 Å². The zero-order chi connectivity index (χ0) is 38.3. The second-order valence-corrected chi connectivity index (χ2v) is 19.9. The lowest BCUT2D eigenvalue weighted by Crippen LogP contribution is -2.60. The van der Waals surface area contributed by atoms with Gasteiger partial charge in [0.2, 0.25) is 0 Å². The quantitative estimate of drug-likeness (QED) is 0.118. The molecule has 4 aliphatic rings. The number of hydrogen-bond acceptors (Lipinski definition) is 8. The van der Waals surface area contributed by atoms with Gasteiger partial charge in [0.25, 0.3) is 0 Å². The summed E-state index contributed by atoms with van der Waals surface area (Å²) in [6.07, 6.45) is 1.31. The highest BCUT2D eigenvalue weighted by molar-refractivity contribution is 8.33. The number of hydrogen-bond donors (Lipinski definition) is 0. The fourth-order valence-corrected chi connectivity index (χ4v) is 13.7. The molecule has 14 heteroatoms. The largest absolute Gasteiger partial charge is 0.465 e. The molecular formula is C39H44F4O8S2. The number of ether oxygens (including phenoxy) is 3. The van der Waals surface area contributed by atoms with Crippen molar-refractivity contribution >= 4 is 32.4 Å². The van der Waals surface area contributed by atoms with Crippen LogP contribution in [-0.2, 0) is 37.5 Å². The Hall–Kier alpha value is -3.46. The smallest absolute Gasteiger partial charge is 0.432 e. The summed E-state index contributed by atoms with van der Waals surface area (Å²) in [7, 11) is -9.93. The number of benzene rings is 3. The first kappa shape index (κ1) is 39.2. The average molecular weight is 781 g/mol. The Bertz CT molecular complexity index is 1780. The average Bonchev–Trinajstić information content (AvgIpc) is 3.09. The molecule has 0 amide bonds. The van der Waals surface area contributed by atoms with E-state index in [1.165, 1.54) is 36.4 Å². The Balaban J connectivity index is 1.19. The summed E-state index contributed by atoms with van der Waals surface area (Å²) >= 11 is 0. The Labute approximate surface area is 309 Å². The van der Waals surface area contributed by atoms with E-state index in [4.69, 9.17) is 17.8 Å². The summed E-state index contributed by atoms with van der Waals surface area (Å²) in [6, 6.07) is 23.3. The van der Waals surface area contributed by atoms with Crippen LogP contribution in [0.4, 0.5) is 17.6 Å². The van der Waals surface area contributed by atoms with Gasteiger partial charge in [-0.05, 0) is 118 Å². The van der Waals surface area contributed by atoms with Crippen LogP contribution in [0, 0.1) is 17.3 Å². The lowest BCUT2D eigenvalue weighted by atomic mass is 9.48. The molecule has 4 saturated carbocycles. The van der Waals surface area contributed by atoms with Crippen molar-refractivity contribution in [3.05, 3.63) is 91.0 Å². The highest BCUT2D eigenvalue weighted by Gasteiger charge is 2.68. The molecule has 4 bridgehead atoms. The van der Waals surface area contributed by atoms with Crippen molar-refractivity contribution in [3.8, 4) is 0 Å². The highest BCUT2D eigenvalue weighted by atomic mass is 32.3. The molecule has 0 aromatic heterocycles. The van der Waals surface area contributed by atoms with Crippen molar-refractivity contribution in [2.45, 2.75) is 103 Å². The van der Waals surface area contributed by atoms with Crippen LogP contribution in [0.1, 0.15) is 65.7 Å². The third kappa shape index (κ3) is 7.74. The Morgan fingerprint density at radius 3 is 1.68 bits per heavy atom. The van der Waals surface area contributed by atoms with E-state index in [0.29, 0.717) is 25.7 Å². The van der Waals surface area contributed by atoms with E-state index in [0.717, 1.165) is 6.42 Å². The molecule has 2 atom stereocenters. The molecule has 3 aromatic carbocycles. The second kappa shape index (κ2) is 14.3. The van der Waals surface area contributed by atoms with Gasteiger partial charge in [0, 0.05) is 14.7 Å². The van der Waals surface area contributed by atoms with E-state index >= 15 is 17.6 Å². The normalized spacial score (nSPS) is 24.8. The van der Waals surface area contributed by atoms with Gasteiger partial charge in [-0.3, -0.25) is 4.79 Å². The van der Waals surface area contributed by atoms with Crippen molar-refractivity contribution in [1.82, 2.24) is 0 Å². The van der Waals surface area contributed by atoms with Crippen LogP contribution in [0.25, 0.3) is 0 Å². The fraction of sp³-hybridized carbons (Fsp3) is 0.487. The maximum absolute atomic E-state index is 15.9. The third-order valence-electron chi connectivity index (χ3n) is 10.2. The van der Waals surface area contributed by atoms with Gasteiger partial charge in [-0.2, -0.15) is 26.0 Å². The summed E-state index contributed by atoms with van der Waals surface area (Å²) in [5, 5.41) is -5.72. The van der Waals surface area contributed by atoms with E-state index < -0.39 is 73.2 Å². The predicted molar refractivity (Wildman–Crippen MR) is 189 cm³/mol. The Morgan fingerprint density at radius 1 is 0.755 bits per heavy atom. The molecule has 53 heavy (non-hydrogen) atoms. The summed E-state index contributed by atoms with van der Waals surface area (Å²) in [6.45, 7) is 3.72. The van der Waals surface area contributed by atoms with Crippen LogP contribution >= 0.6 is 10.3 Å². The fourth-order valence-electron chi connectivity index (χ4n) is 8.46. The van der Waals surface area contributed by atoms with E-state index in [2.05, 4.69) is 0 Å². The van der Waals surface area contributed by atoms with Gasteiger partial charge in [0.15, 0.2) is 0 Å². The molecular weight excluding hydrogens is 737 g/mol. The van der Waals surface area contributed by atoms with Crippen molar-refractivity contribution in [1.29, 1.82) is 0 Å². The van der Waals surface area contributed by atoms with Crippen molar-refractivity contribution in [3.63, 3.8) is 0 Å². The molecule has 8 nitrogen and oxygen atoms in total. The number of rotatable bonds is 14. The molecule has 3 aromatic rings. The van der Waals surface area contributed by atoms with Gasteiger partial charge < -0.3 is 14.2 Å².